The van der Waals surface area contributed by atoms with Gasteiger partial charge in [0, 0.05) is 0 Å². The summed E-state index contributed by atoms with van der Waals surface area (Å²) in [5.41, 5.74) is 5.78. The van der Waals surface area contributed by atoms with Crippen molar-refractivity contribution in [1.82, 2.24) is 0 Å². The molecule has 3 rings (SSSR count). The van der Waals surface area contributed by atoms with Crippen molar-refractivity contribution in [3.63, 3.8) is 0 Å². The monoisotopic (exact) mass is 446 g/mol. The third-order valence-corrected chi connectivity index (χ3v) is 8.05. The van der Waals surface area contributed by atoms with Crippen LogP contribution in [0.15, 0.2) is 48.5 Å². The molecule has 0 amide bonds. The van der Waals surface area contributed by atoms with E-state index in [2.05, 4.69) is 62.4 Å². The van der Waals surface area contributed by atoms with Gasteiger partial charge in [-0.2, -0.15) is 0 Å². The van der Waals surface area contributed by atoms with Gasteiger partial charge in [-0.25, -0.2) is 0 Å². The van der Waals surface area contributed by atoms with Crippen molar-refractivity contribution in [2.24, 2.45) is 5.92 Å². The maximum atomic E-state index is 2.41. The maximum Gasteiger partial charge on any atom is -0.0162 e. The summed E-state index contributed by atoms with van der Waals surface area (Å²) in [5.74, 6) is 1.78. The zero-order valence-corrected chi connectivity index (χ0v) is 21.8. The Morgan fingerprint density at radius 3 is 1.67 bits per heavy atom. The molecule has 1 aliphatic carbocycles. The van der Waals surface area contributed by atoms with Crippen molar-refractivity contribution in [1.29, 1.82) is 0 Å². The summed E-state index contributed by atoms with van der Waals surface area (Å²) in [4.78, 5) is 0. The van der Waals surface area contributed by atoms with Gasteiger partial charge in [-0.1, -0.05) is 133 Å². The normalized spacial score (nSPS) is 18.5. The van der Waals surface area contributed by atoms with Crippen molar-refractivity contribution in [2.75, 3.05) is 0 Å². The fourth-order valence-corrected chi connectivity index (χ4v) is 5.74. The molecule has 2 aromatic rings. The maximum absolute atomic E-state index is 2.41. The van der Waals surface area contributed by atoms with E-state index in [0.29, 0.717) is 0 Å². The van der Waals surface area contributed by atoms with Gasteiger partial charge in [-0.05, 0) is 72.6 Å². The van der Waals surface area contributed by atoms with E-state index < -0.39 is 0 Å². The van der Waals surface area contributed by atoms with E-state index in [9.17, 15) is 0 Å². The van der Waals surface area contributed by atoms with Crippen LogP contribution in [0.3, 0.4) is 0 Å². The zero-order valence-electron chi connectivity index (χ0n) is 21.8. The van der Waals surface area contributed by atoms with Crippen LogP contribution in [0.1, 0.15) is 134 Å². The molecule has 0 spiro atoms. The number of hydrogen-bond donors (Lipinski definition) is 0. The fourth-order valence-electron chi connectivity index (χ4n) is 5.74. The first-order valence-corrected chi connectivity index (χ1v) is 14.5. The first-order chi connectivity index (χ1) is 16.3. The predicted molar refractivity (Wildman–Crippen MR) is 147 cm³/mol. The van der Waals surface area contributed by atoms with E-state index in [0.717, 1.165) is 11.8 Å². The first-order valence-electron chi connectivity index (χ1n) is 14.5. The van der Waals surface area contributed by atoms with Crippen LogP contribution >= 0.6 is 0 Å². The van der Waals surface area contributed by atoms with Gasteiger partial charge in [0.2, 0.25) is 0 Å². The van der Waals surface area contributed by atoms with Crippen LogP contribution in [-0.2, 0) is 6.42 Å². The summed E-state index contributed by atoms with van der Waals surface area (Å²) < 4.78 is 0. The lowest BCUT2D eigenvalue weighted by Gasteiger charge is -2.29. The minimum atomic E-state index is 0.787. The molecule has 0 aromatic heterocycles. The molecule has 0 bridgehead atoms. The van der Waals surface area contributed by atoms with Gasteiger partial charge in [0.05, 0.1) is 0 Å². The van der Waals surface area contributed by atoms with Crippen LogP contribution in [-0.4, -0.2) is 0 Å². The molecule has 0 saturated heterocycles. The van der Waals surface area contributed by atoms with Gasteiger partial charge in [0.1, 0.15) is 0 Å². The minimum absolute atomic E-state index is 0.787. The summed E-state index contributed by atoms with van der Waals surface area (Å²) >= 11 is 0. The summed E-state index contributed by atoms with van der Waals surface area (Å²) in [5, 5.41) is 0. The second-order valence-corrected chi connectivity index (χ2v) is 10.8. The lowest BCUT2D eigenvalue weighted by molar-refractivity contribution is 0.302. The SMILES string of the molecule is CCCCCCCCCC1CCC(c2ccc(-c3ccc(CCCCCC)cc3)cc2)CC1. The molecule has 0 unspecified atom stereocenters. The van der Waals surface area contributed by atoms with Crippen molar-refractivity contribution in [3.05, 3.63) is 59.7 Å². The molecule has 0 nitrogen and oxygen atoms in total. The third kappa shape index (κ3) is 9.30. The van der Waals surface area contributed by atoms with Gasteiger partial charge >= 0.3 is 0 Å². The Bertz CT molecular complexity index is 731. The molecule has 1 saturated carbocycles. The van der Waals surface area contributed by atoms with Crippen molar-refractivity contribution < 1.29 is 0 Å². The van der Waals surface area contributed by atoms with Gasteiger partial charge in [0.25, 0.3) is 0 Å². The van der Waals surface area contributed by atoms with Crippen molar-refractivity contribution in [3.8, 4) is 11.1 Å². The molecule has 0 heterocycles. The highest BCUT2D eigenvalue weighted by Crippen LogP contribution is 2.38. The number of rotatable bonds is 15. The van der Waals surface area contributed by atoms with Gasteiger partial charge in [-0.3, -0.25) is 0 Å². The molecule has 1 aliphatic rings. The zero-order chi connectivity index (χ0) is 23.1. The largest absolute Gasteiger partial charge is 0.0654 e. The average Bonchev–Trinajstić information content (AvgIpc) is 2.87. The standard InChI is InChI=1S/C33H50/c1-3-5-7-9-10-11-13-15-29-18-22-31(23-19-29)33-26-24-32(25-27-33)30-20-16-28(17-21-30)14-12-8-6-4-2/h16-17,20-21,24-27,29,31H,3-15,18-19,22-23H2,1-2H3. The van der Waals surface area contributed by atoms with E-state index in [1.165, 1.54) is 126 Å². The van der Waals surface area contributed by atoms with E-state index in [4.69, 9.17) is 0 Å². The Balaban J connectivity index is 1.37. The highest BCUT2D eigenvalue weighted by Gasteiger charge is 2.22. The van der Waals surface area contributed by atoms with E-state index >= 15 is 0 Å². The summed E-state index contributed by atoms with van der Waals surface area (Å²) in [6, 6.07) is 18.8. The Morgan fingerprint density at radius 1 is 0.545 bits per heavy atom. The fraction of sp³-hybridized carbons (Fsp3) is 0.636. The Labute approximate surface area is 205 Å². The predicted octanol–water partition coefficient (Wildman–Crippen LogP) is 10.9. The van der Waals surface area contributed by atoms with Crippen molar-refractivity contribution >= 4 is 0 Å². The second-order valence-electron chi connectivity index (χ2n) is 10.8. The number of benzene rings is 2. The quantitative estimate of drug-likeness (QED) is 0.239. The Morgan fingerprint density at radius 2 is 1.06 bits per heavy atom. The molecule has 0 atom stereocenters. The van der Waals surface area contributed by atoms with Crippen LogP contribution in [0.5, 0.6) is 0 Å². The first kappa shape index (κ1) is 26.1. The molecule has 0 radical (unpaired) electrons. The number of aryl methyl sites for hydroxylation is 1. The van der Waals surface area contributed by atoms with Crippen LogP contribution in [0.2, 0.25) is 0 Å². The van der Waals surface area contributed by atoms with Crippen LogP contribution in [0.25, 0.3) is 11.1 Å². The highest BCUT2D eigenvalue weighted by molar-refractivity contribution is 5.64. The molecule has 1 fully saturated rings. The van der Waals surface area contributed by atoms with E-state index in [1.54, 1.807) is 5.56 Å². The van der Waals surface area contributed by atoms with Crippen LogP contribution < -0.4 is 0 Å². The average molecular weight is 447 g/mol. The molecular weight excluding hydrogens is 396 g/mol. The minimum Gasteiger partial charge on any atom is -0.0654 e. The molecule has 2 aromatic carbocycles. The third-order valence-electron chi connectivity index (χ3n) is 8.05. The van der Waals surface area contributed by atoms with E-state index in [1.807, 2.05) is 0 Å². The molecule has 182 valence electrons. The molecule has 0 aliphatic heterocycles. The van der Waals surface area contributed by atoms with Gasteiger partial charge in [0.15, 0.2) is 0 Å². The van der Waals surface area contributed by atoms with Crippen LogP contribution in [0.4, 0.5) is 0 Å². The molecule has 33 heavy (non-hydrogen) atoms. The molecular formula is C33H50. The topological polar surface area (TPSA) is 0 Å². The van der Waals surface area contributed by atoms with Gasteiger partial charge in [-0.15, -0.1) is 0 Å². The Hall–Kier alpha value is -1.56. The second kappa shape index (κ2) is 15.4. The van der Waals surface area contributed by atoms with Crippen molar-refractivity contribution in [2.45, 2.75) is 129 Å². The van der Waals surface area contributed by atoms with E-state index in [-0.39, 0.29) is 0 Å². The lowest BCUT2D eigenvalue weighted by Crippen LogP contribution is -2.13. The molecule has 0 N–H and O–H groups in total. The molecule has 0 heteroatoms. The number of unbranched alkanes of at least 4 members (excludes halogenated alkanes) is 9. The van der Waals surface area contributed by atoms with Crippen LogP contribution in [0, 0.1) is 5.92 Å². The highest BCUT2D eigenvalue weighted by atomic mass is 14.3. The lowest BCUT2D eigenvalue weighted by atomic mass is 9.77. The summed E-state index contributed by atoms with van der Waals surface area (Å²) in [6.45, 7) is 4.59. The summed E-state index contributed by atoms with van der Waals surface area (Å²) in [7, 11) is 0. The van der Waals surface area contributed by atoms with Gasteiger partial charge < -0.3 is 0 Å². The number of hydrogen-bond acceptors (Lipinski definition) is 0. The Kier molecular flexibility index (Phi) is 12.1. The smallest absolute Gasteiger partial charge is 0.0162 e. The summed E-state index contributed by atoms with van der Waals surface area (Å²) in [6.07, 6.45) is 23.8.